The minimum Gasteiger partial charge on any atom is -0.481 e. The fourth-order valence-corrected chi connectivity index (χ4v) is 4.32. The molecule has 3 N–H and O–H groups in total. The molecule has 7 nitrogen and oxygen atoms in total. The molecule has 3 atom stereocenters. The first-order valence-corrected chi connectivity index (χ1v) is 12.0. The molecule has 2 aromatic rings. The van der Waals surface area contributed by atoms with E-state index in [2.05, 4.69) is 34.9 Å². The summed E-state index contributed by atoms with van der Waals surface area (Å²) in [4.78, 5) is 36.4. The van der Waals surface area contributed by atoms with Crippen LogP contribution in [-0.2, 0) is 14.3 Å². The zero-order valence-electron chi connectivity index (χ0n) is 20.0. The molecule has 34 heavy (non-hydrogen) atoms. The predicted molar refractivity (Wildman–Crippen MR) is 130 cm³/mol. The van der Waals surface area contributed by atoms with Crippen LogP contribution in [0.15, 0.2) is 48.5 Å². The van der Waals surface area contributed by atoms with Crippen LogP contribution in [-0.4, -0.2) is 42.3 Å². The molecule has 0 aromatic heterocycles. The highest BCUT2D eigenvalue weighted by Gasteiger charge is 2.30. The summed E-state index contributed by atoms with van der Waals surface area (Å²) in [6.07, 6.45) is 1.11. The smallest absolute Gasteiger partial charge is 0.407 e. The Morgan fingerprint density at radius 1 is 1.00 bits per heavy atom. The minimum atomic E-state index is -0.847. The van der Waals surface area contributed by atoms with Crippen molar-refractivity contribution >= 4 is 18.0 Å². The number of amides is 2. The van der Waals surface area contributed by atoms with Crippen molar-refractivity contribution in [1.29, 1.82) is 0 Å². The third-order valence-corrected chi connectivity index (χ3v) is 6.65. The Morgan fingerprint density at radius 3 is 2.15 bits per heavy atom. The van der Waals surface area contributed by atoms with Gasteiger partial charge in [0.25, 0.3) is 0 Å². The maximum atomic E-state index is 12.7. The Labute approximate surface area is 200 Å². The van der Waals surface area contributed by atoms with Crippen molar-refractivity contribution in [3.8, 4) is 11.1 Å². The third kappa shape index (κ3) is 5.95. The van der Waals surface area contributed by atoms with Crippen molar-refractivity contribution < 1.29 is 24.2 Å². The largest absolute Gasteiger partial charge is 0.481 e. The number of rotatable bonds is 11. The molecule has 2 aromatic carbocycles. The van der Waals surface area contributed by atoms with E-state index in [1.54, 1.807) is 6.92 Å². The monoisotopic (exact) mass is 466 g/mol. The number of carboxylic acid groups (broad SMARTS) is 1. The van der Waals surface area contributed by atoms with Crippen LogP contribution >= 0.6 is 0 Å². The van der Waals surface area contributed by atoms with E-state index in [9.17, 15) is 14.4 Å². The first-order valence-electron chi connectivity index (χ1n) is 12.0. The Balaban J connectivity index is 1.57. The molecule has 0 saturated heterocycles. The highest BCUT2D eigenvalue weighted by atomic mass is 16.5. The molecule has 1 aliphatic rings. The normalized spacial score (nSPS) is 14.9. The number of hydrogen-bond donors (Lipinski definition) is 3. The fraction of sp³-hybridized carbons (Fsp3) is 0.444. The Morgan fingerprint density at radius 2 is 1.59 bits per heavy atom. The number of aliphatic carboxylic acids is 1. The van der Waals surface area contributed by atoms with Gasteiger partial charge in [-0.2, -0.15) is 0 Å². The summed E-state index contributed by atoms with van der Waals surface area (Å²) in [6, 6.07) is 15.5. The summed E-state index contributed by atoms with van der Waals surface area (Å²) in [5, 5.41) is 14.5. The Hall–Kier alpha value is -3.35. The molecular formula is C27H34N2O5. The van der Waals surface area contributed by atoms with Crippen LogP contribution < -0.4 is 10.6 Å². The van der Waals surface area contributed by atoms with Crippen molar-refractivity contribution in [3.05, 3.63) is 59.7 Å². The average molecular weight is 467 g/mol. The molecule has 0 aliphatic heterocycles. The second kappa shape index (κ2) is 11.7. The molecule has 0 heterocycles. The van der Waals surface area contributed by atoms with E-state index < -0.39 is 24.0 Å². The summed E-state index contributed by atoms with van der Waals surface area (Å²) in [5.74, 6) is -1.73. The number of nitrogens with one attached hydrogen (secondary N) is 2. The molecule has 1 aliphatic carbocycles. The topological polar surface area (TPSA) is 105 Å². The van der Waals surface area contributed by atoms with E-state index in [0.717, 1.165) is 22.3 Å². The van der Waals surface area contributed by atoms with E-state index in [1.807, 2.05) is 38.1 Å². The molecule has 0 spiro atoms. The number of carbonyl (C=O) groups excluding carboxylic acids is 2. The maximum Gasteiger partial charge on any atom is 0.407 e. The van der Waals surface area contributed by atoms with Gasteiger partial charge in [0.05, 0.1) is 5.92 Å². The molecule has 0 saturated carbocycles. The van der Waals surface area contributed by atoms with E-state index in [4.69, 9.17) is 9.84 Å². The zero-order valence-corrected chi connectivity index (χ0v) is 20.0. The van der Waals surface area contributed by atoms with Crippen LogP contribution in [0, 0.1) is 11.8 Å². The lowest BCUT2D eigenvalue weighted by Gasteiger charge is -2.24. The van der Waals surface area contributed by atoms with Crippen LogP contribution in [0.5, 0.6) is 0 Å². The lowest BCUT2D eigenvalue weighted by atomic mass is 9.98. The minimum absolute atomic E-state index is 0.0507. The Bertz CT molecular complexity index is 976. The van der Waals surface area contributed by atoms with Gasteiger partial charge in [-0.25, -0.2) is 4.79 Å². The second-order valence-electron chi connectivity index (χ2n) is 9.01. The maximum absolute atomic E-state index is 12.7. The van der Waals surface area contributed by atoms with Crippen LogP contribution in [0.2, 0.25) is 0 Å². The highest BCUT2D eigenvalue weighted by molar-refractivity contribution is 5.86. The SMILES string of the molecule is CCC(C)[C@H](NC(=O)OCC1c2ccccc2-c2ccccc21)C(=O)NCCCC(C)C(=O)O. The lowest BCUT2D eigenvalue weighted by Crippen LogP contribution is -2.50. The van der Waals surface area contributed by atoms with E-state index in [-0.39, 0.29) is 24.3 Å². The molecule has 0 radical (unpaired) electrons. The number of ether oxygens (including phenoxy) is 1. The van der Waals surface area contributed by atoms with Crippen LogP contribution in [0.25, 0.3) is 11.1 Å². The predicted octanol–water partition coefficient (Wildman–Crippen LogP) is 4.56. The summed E-state index contributed by atoms with van der Waals surface area (Å²) in [7, 11) is 0. The summed E-state index contributed by atoms with van der Waals surface area (Å²) >= 11 is 0. The number of alkyl carbamates (subject to hydrolysis) is 1. The molecule has 2 amide bonds. The van der Waals surface area contributed by atoms with Crippen molar-refractivity contribution in [3.63, 3.8) is 0 Å². The van der Waals surface area contributed by atoms with E-state index in [1.165, 1.54) is 0 Å². The molecule has 7 heteroatoms. The number of benzene rings is 2. The van der Waals surface area contributed by atoms with Crippen molar-refractivity contribution in [2.75, 3.05) is 13.2 Å². The molecule has 3 rings (SSSR count). The van der Waals surface area contributed by atoms with Gasteiger partial charge < -0.3 is 20.5 Å². The third-order valence-electron chi connectivity index (χ3n) is 6.65. The van der Waals surface area contributed by atoms with Crippen molar-refractivity contribution in [2.45, 2.75) is 52.0 Å². The van der Waals surface area contributed by atoms with E-state index in [0.29, 0.717) is 25.8 Å². The first kappa shape index (κ1) is 25.3. The van der Waals surface area contributed by atoms with Gasteiger partial charge in [-0.15, -0.1) is 0 Å². The van der Waals surface area contributed by atoms with Gasteiger partial charge in [0.15, 0.2) is 0 Å². The lowest BCUT2D eigenvalue weighted by molar-refractivity contribution is -0.141. The van der Waals surface area contributed by atoms with E-state index >= 15 is 0 Å². The molecule has 182 valence electrons. The van der Waals surface area contributed by atoms with Gasteiger partial charge in [0, 0.05) is 12.5 Å². The van der Waals surface area contributed by atoms with Gasteiger partial charge in [-0.3, -0.25) is 9.59 Å². The second-order valence-corrected chi connectivity index (χ2v) is 9.01. The number of carbonyl (C=O) groups is 3. The van der Waals surface area contributed by atoms with Gasteiger partial charge >= 0.3 is 12.1 Å². The molecule has 2 unspecified atom stereocenters. The quantitative estimate of drug-likeness (QED) is 0.421. The zero-order chi connectivity index (χ0) is 24.7. The van der Waals surface area contributed by atoms with Crippen LogP contribution in [0.1, 0.15) is 57.1 Å². The van der Waals surface area contributed by atoms with Crippen LogP contribution in [0.3, 0.4) is 0 Å². The van der Waals surface area contributed by atoms with Gasteiger partial charge in [-0.05, 0) is 41.0 Å². The number of hydrogen-bond acceptors (Lipinski definition) is 4. The fourth-order valence-electron chi connectivity index (χ4n) is 4.32. The summed E-state index contributed by atoms with van der Waals surface area (Å²) in [5.41, 5.74) is 4.56. The first-order chi connectivity index (χ1) is 16.3. The van der Waals surface area contributed by atoms with Crippen molar-refractivity contribution in [1.82, 2.24) is 10.6 Å². The average Bonchev–Trinajstić information content (AvgIpc) is 3.16. The molecular weight excluding hydrogens is 432 g/mol. The highest BCUT2D eigenvalue weighted by Crippen LogP contribution is 2.44. The number of fused-ring (bicyclic) bond motifs is 3. The van der Waals surface area contributed by atoms with Crippen molar-refractivity contribution in [2.24, 2.45) is 11.8 Å². The van der Waals surface area contributed by atoms with Gasteiger partial charge in [0.1, 0.15) is 12.6 Å². The standard InChI is InChI=1S/C27H34N2O5/c1-4-17(2)24(25(30)28-15-9-10-18(3)26(31)32)29-27(33)34-16-23-21-13-7-5-11-19(21)20-12-6-8-14-22(20)23/h5-8,11-14,17-18,23-24H,4,9-10,15-16H2,1-3H3,(H,28,30)(H,29,33)(H,31,32)/t17?,18?,24-/m0/s1. The molecule has 0 fully saturated rings. The summed E-state index contributed by atoms with van der Waals surface area (Å²) in [6.45, 7) is 6.04. The number of carboxylic acids is 1. The van der Waals surface area contributed by atoms with Crippen LogP contribution in [0.4, 0.5) is 4.79 Å². The van der Waals surface area contributed by atoms with Gasteiger partial charge in [-0.1, -0.05) is 75.7 Å². The summed E-state index contributed by atoms with van der Waals surface area (Å²) < 4.78 is 5.60. The Kier molecular flexibility index (Phi) is 8.68. The van der Waals surface area contributed by atoms with Gasteiger partial charge in [0.2, 0.25) is 5.91 Å². The molecule has 0 bridgehead atoms.